The summed E-state index contributed by atoms with van der Waals surface area (Å²) >= 11 is 0. The second-order valence-electron chi connectivity index (χ2n) is 10.5. The smallest absolute Gasteiger partial charge is 0.135 e. The van der Waals surface area contributed by atoms with Crippen molar-refractivity contribution in [1.82, 2.24) is 4.57 Å². The van der Waals surface area contributed by atoms with E-state index in [0.29, 0.717) is 11.3 Å². The van der Waals surface area contributed by atoms with Crippen molar-refractivity contribution in [3.63, 3.8) is 0 Å². The van der Waals surface area contributed by atoms with E-state index in [2.05, 4.69) is 89.5 Å². The number of para-hydroxylation sites is 3. The zero-order valence-corrected chi connectivity index (χ0v) is 22.4. The maximum atomic E-state index is 8.63. The number of rotatable bonds is 3. The van der Waals surface area contributed by atoms with Gasteiger partial charge in [-0.05, 0) is 64.0 Å². The van der Waals surface area contributed by atoms with Gasteiger partial charge in [-0.3, -0.25) is 0 Å². The number of aromatic nitrogens is 1. The minimum absolute atomic E-state index is 0.180. The molecular formula is C40H25NO. The third-order valence-corrected chi connectivity index (χ3v) is 8.28. The molecule has 2 nitrogen and oxygen atoms in total. The van der Waals surface area contributed by atoms with Gasteiger partial charge >= 0.3 is 0 Å². The van der Waals surface area contributed by atoms with Crippen LogP contribution in [0.1, 0.15) is 6.85 Å². The van der Waals surface area contributed by atoms with Gasteiger partial charge in [0.1, 0.15) is 11.5 Å². The fourth-order valence-electron chi connectivity index (χ4n) is 6.50. The summed E-state index contributed by atoms with van der Waals surface area (Å²) in [6.45, 7) is 0. The Morgan fingerprint density at radius 1 is 0.500 bits per heavy atom. The Morgan fingerprint density at radius 3 is 2.12 bits per heavy atom. The van der Waals surface area contributed by atoms with E-state index in [1.54, 1.807) is 6.07 Å². The number of hydrogen-bond donors (Lipinski definition) is 0. The summed E-state index contributed by atoms with van der Waals surface area (Å²) < 4.78 is 50.7. The first-order valence-corrected chi connectivity index (χ1v) is 14.0. The molecule has 9 rings (SSSR count). The van der Waals surface area contributed by atoms with E-state index >= 15 is 0 Å². The molecule has 1 aliphatic heterocycles. The largest absolute Gasteiger partial charge is 0.456 e. The first-order valence-electron chi connectivity index (χ1n) is 16.5. The van der Waals surface area contributed by atoms with Crippen LogP contribution in [0.5, 0.6) is 11.5 Å². The Balaban J connectivity index is 1.29. The molecule has 8 aromatic rings. The lowest BCUT2D eigenvalue weighted by Gasteiger charge is -2.23. The Kier molecular flexibility index (Phi) is 3.98. The average molecular weight is 541 g/mol. The molecule has 2 heterocycles. The summed E-state index contributed by atoms with van der Waals surface area (Å²) in [5, 5.41) is 3.97. The van der Waals surface area contributed by atoms with Crippen LogP contribution in [0.4, 0.5) is 0 Å². The molecule has 2 heteroatoms. The molecule has 1 aliphatic rings. The summed E-state index contributed by atoms with van der Waals surface area (Å²) in [5.74, 6) is 1.40. The lowest BCUT2D eigenvalue weighted by atomic mass is 9.89. The third kappa shape index (κ3) is 3.33. The van der Waals surface area contributed by atoms with E-state index in [0.717, 1.165) is 55.5 Å². The van der Waals surface area contributed by atoms with Crippen LogP contribution in [0.2, 0.25) is 0 Å². The van der Waals surface area contributed by atoms with Gasteiger partial charge in [-0.25, -0.2) is 0 Å². The number of ether oxygens (including phenoxy) is 1. The van der Waals surface area contributed by atoms with Gasteiger partial charge < -0.3 is 9.30 Å². The van der Waals surface area contributed by atoms with Gasteiger partial charge in [0.25, 0.3) is 0 Å². The lowest BCUT2D eigenvalue weighted by Crippen LogP contribution is -1.99. The summed E-state index contributed by atoms with van der Waals surface area (Å²) in [6.07, 6.45) is 0. The molecule has 0 N–H and O–H groups in total. The highest BCUT2D eigenvalue weighted by Crippen LogP contribution is 2.50. The van der Waals surface area contributed by atoms with Crippen molar-refractivity contribution in [3.8, 4) is 50.6 Å². The van der Waals surface area contributed by atoms with Crippen LogP contribution in [0.3, 0.4) is 0 Å². The Hall–Kier alpha value is -5.60. The Bertz CT molecular complexity index is 2580. The minimum atomic E-state index is -0.405. The van der Waals surface area contributed by atoms with Crippen LogP contribution in [0.15, 0.2) is 152 Å². The Morgan fingerprint density at radius 2 is 1.24 bits per heavy atom. The van der Waals surface area contributed by atoms with Gasteiger partial charge in [0.2, 0.25) is 0 Å². The molecular weight excluding hydrogens is 510 g/mol. The lowest BCUT2D eigenvalue weighted by molar-refractivity contribution is 0.487. The van der Waals surface area contributed by atoms with Crippen molar-refractivity contribution in [2.75, 3.05) is 0 Å². The molecule has 7 aromatic carbocycles. The maximum absolute atomic E-state index is 8.63. The predicted molar refractivity (Wildman–Crippen MR) is 175 cm³/mol. The van der Waals surface area contributed by atoms with Crippen molar-refractivity contribution < 1.29 is 11.6 Å². The minimum Gasteiger partial charge on any atom is -0.456 e. The molecule has 42 heavy (non-hydrogen) atoms. The molecule has 0 fully saturated rings. The van der Waals surface area contributed by atoms with E-state index in [4.69, 9.17) is 11.6 Å². The van der Waals surface area contributed by atoms with E-state index in [1.165, 1.54) is 10.8 Å². The van der Waals surface area contributed by atoms with Crippen LogP contribution < -0.4 is 4.74 Å². The van der Waals surface area contributed by atoms with Crippen molar-refractivity contribution >= 4 is 32.6 Å². The maximum Gasteiger partial charge on any atom is 0.135 e. The van der Waals surface area contributed by atoms with Gasteiger partial charge in [-0.15, -0.1) is 0 Å². The molecule has 1 aromatic heterocycles. The highest BCUT2D eigenvalue weighted by molar-refractivity contribution is 6.14. The number of nitrogens with zero attached hydrogens (tertiary/aromatic N) is 1. The molecule has 0 spiro atoms. The quantitative estimate of drug-likeness (QED) is 0.217. The van der Waals surface area contributed by atoms with Gasteiger partial charge in [-0.1, -0.05) is 115 Å². The van der Waals surface area contributed by atoms with Crippen LogP contribution in [-0.2, 0) is 0 Å². The zero-order chi connectivity index (χ0) is 32.0. The van der Waals surface area contributed by atoms with Crippen molar-refractivity contribution in [2.24, 2.45) is 0 Å². The topological polar surface area (TPSA) is 14.2 Å². The number of benzene rings is 7. The molecule has 0 aliphatic carbocycles. The van der Waals surface area contributed by atoms with Gasteiger partial charge in [0.05, 0.1) is 17.9 Å². The average Bonchev–Trinajstić information content (AvgIpc) is 3.46. The normalized spacial score (nSPS) is 13.7. The zero-order valence-electron chi connectivity index (χ0n) is 27.4. The molecule has 0 saturated heterocycles. The van der Waals surface area contributed by atoms with E-state index in [-0.39, 0.29) is 29.7 Å². The van der Waals surface area contributed by atoms with Crippen LogP contribution in [-0.4, -0.2) is 4.57 Å². The molecule has 0 amide bonds. The second-order valence-corrected chi connectivity index (χ2v) is 10.5. The van der Waals surface area contributed by atoms with Crippen LogP contribution >= 0.6 is 0 Å². The van der Waals surface area contributed by atoms with Crippen molar-refractivity contribution in [3.05, 3.63) is 152 Å². The summed E-state index contributed by atoms with van der Waals surface area (Å²) in [5.41, 5.74) is 8.13. The van der Waals surface area contributed by atoms with E-state index in [1.807, 2.05) is 30.3 Å². The summed E-state index contributed by atoms with van der Waals surface area (Å²) in [6, 6.07) is 39.7. The van der Waals surface area contributed by atoms with Crippen molar-refractivity contribution in [1.29, 1.82) is 0 Å². The standard InChI is InChI=1S/C40H25NO/c1-3-11-26(12-4-1)29-22-24-38-39-32(29)17-10-18-33(39)35-25-27(21-23-37(35)42-38)30-16-9-19-34-31-15-7-8-20-36(31)41(40(30)34)28-13-5-2-6-14-28/h1-25H/i1D,3D,4D,11D,12D. The molecule has 0 unspecified atom stereocenters. The Labute approximate surface area is 250 Å². The predicted octanol–water partition coefficient (Wildman–Crippen LogP) is 11.0. The van der Waals surface area contributed by atoms with Crippen LogP contribution in [0.25, 0.3) is 71.6 Å². The molecule has 196 valence electrons. The summed E-state index contributed by atoms with van der Waals surface area (Å²) in [7, 11) is 0. The van der Waals surface area contributed by atoms with Crippen molar-refractivity contribution in [2.45, 2.75) is 0 Å². The highest BCUT2D eigenvalue weighted by Gasteiger charge is 2.23. The first-order chi connectivity index (χ1) is 22.9. The van der Waals surface area contributed by atoms with E-state index in [9.17, 15) is 0 Å². The first kappa shape index (κ1) is 18.7. The van der Waals surface area contributed by atoms with Gasteiger partial charge in [0, 0.05) is 33.0 Å². The SMILES string of the molecule is [2H]c1c([2H])c([2H])c(-c2ccc3c4c(cccc24)-c2cc(-c4cccc5c6ccccc6n(-c6ccccc6)c45)ccc2O3)c([2H])c1[2H]. The molecule has 0 bridgehead atoms. The third-order valence-electron chi connectivity index (χ3n) is 8.28. The highest BCUT2D eigenvalue weighted by atomic mass is 16.5. The number of hydrogen-bond acceptors (Lipinski definition) is 1. The fraction of sp³-hybridized carbons (Fsp3) is 0. The number of fused-ring (bicyclic) bond motifs is 5. The van der Waals surface area contributed by atoms with Gasteiger partial charge in [0.15, 0.2) is 0 Å². The van der Waals surface area contributed by atoms with Crippen LogP contribution in [0, 0.1) is 0 Å². The van der Waals surface area contributed by atoms with E-state index < -0.39 is 6.04 Å². The molecule has 0 saturated carbocycles. The molecule has 0 atom stereocenters. The monoisotopic (exact) mass is 540 g/mol. The fourth-order valence-corrected chi connectivity index (χ4v) is 6.50. The summed E-state index contributed by atoms with van der Waals surface area (Å²) in [4.78, 5) is 0. The second kappa shape index (κ2) is 8.95. The molecule has 0 radical (unpaired) electrons. The van der Waals surface area contributed by atoms with Gasteiger partial charge in [-0.2, -0.15) is 0 Å².